The van der Waals surface area contributed by atoms with Crippen molar-refractivity contribution in [2.45, 2.75) is 39.7 Å². The van der Waals surface area contributed by atoms with Gasteiger partial charge in [0.05, 0.1) is 17.9 Å². The molecule has 1 atom stereocenters. The molecule has 1 amide bonds. The van der Waals surface area contributed by atoms with E-state index in [0.29, 0.717) is 24.6 Å². The van der Waals surface area contributed by atoms with Crippen molar-refractivity contribution >= 4 is 5.91 Å². The lowest BCUT2D eigenvalue weighted by Crippen LogP contribution is -2.42. The minimum absolute atomic E-state index is 0.0696. The van der Waals surface area contributed by atoms with Crippen LogP contribution in [0.3, 0.4) is 0 Å². The Hall–Kier alpha value is -1.36. The quantitative estimate of drug-likeness (QED) is 0.855. The first-order valence-corrected chi connectivity index (χ1v) is 6.87. The first kappa shape index (κ1) is 14.1. The topological polar surface area (TPSA) is 58.2 Å². The van der Waals surface area contributed by atoms with E-state index in [1.54, 1.807) is 7.11 Å². The highest BCUT2D eigenvalue weighted by atomic mass is 16.5. The Labute approximate surface area is 114 Å². The second kappa shape index (κ2) is 5.74. The number of aromatic nitrogens is 2. The number of aromatic amines is 1. The smallest absolute Gasteiger partial charge is 0.257 e. The lowest BCUT2D eigenvalue weighted by Gasteiger charge is -2.29. The van der Waals surface area contributed by atoms with E-state index in [9.17, 15) is 4.79 Å². The molecule has 0 bridgehead atoms. The standard InChI is InChI=1S/C14H23N3O2/c1-9-13(10(2)16-15-9)14(18)17(7-8-19-4)11(3)12-5-6-12/h11-12H,5-8H2,1-4H3,(H,15,16). The monoisotopic (exact) mass is 265 g/mol. The number of hydrogen-bond acceptors (Lipinski definition) is 3. The van der Waals surface area contributed by atoms with Crippen LogP contribution in [0, 0.1) is 19.8 Å². The van der Waals surface area contributed by atoms with E-state index in [2.05, 4.69) is 17.1 Å². The number of nitrogens with one attached hydrogen (secondary N) is 1. The van der Waals surface area contributed by atoms with E-state index in [4.69, 9.17) is 4.74 Å². The van der Waals surface area contributed by atoms with Crippen LogP contribution in [0.2, 0.25) is 0 Å². The Balaban J connectivity index is 2.19. The molecule has 0 aromatic carbocycles. The number of carbonyl (C=O) groups excluding carboxylic acids is 1. The summed E-state index contributed by atoms with van der Waals surface area (Å²) in [6, 6.07) is 0.274. The summed E-state index contributed by atoms with van der Waals surface area (Å²) in [5.74, 6) is 0.716. The molecule has 5 nitrogen and oxygen atoms in total. The van der Waals surface area contributed by atoms with Crippen LogP contribution in [-0.4, -0.2) is 47.3 Å². The number of amides is 1. The molecule has 19 heavy (non-hydrogen) atoms. The molecule has 106 valence electrons. The normalized spacial score (nSPS) is 16.4. The van der Waals surface area contributed by atoms with Gasteiger partial charge in [0, 0.05) is 25.4 Å². The van der Waals surface area contributed by atoms with Crippen molar-refractivity contribution in [1.82, 2.24) is 15.1 Å². The van der Waals surface area contributed by atoms with Gasteiger partial charge in [-0.2, -0.15) is 5.10 Å². The summed E-state index contributed by atoms with van der Waals surface area (Å²) < 4.78 is 5.13. The van der Waals surface area contributed by atoms with E-state index in [1.165, 1.54) is 12.8 Å². The van der Waals surface area contributed by atoms with Crippen molar-refractivity contribution in [3.63, 3.8) is 0 Å². The highest BCUT2D eigenvalue weighted by molar-refractivity contribution is 5.96. The van der Waals surface area contributed by atoms with Crippen LogP contribution >= 0.6 is 0 Å². The molecule has 0 spiro atoms. The third kappa shape index (κ3) is 2.97. The molecule has 1 aromatic rings. The van der Waals surface area contributed by atoms with Crippen molar-refractivity contribution < 1.29 is 9.53 Å². The van der Waals surface area contributed by atoms with Gasteiger partial charge in [0.15, 0.2) is 0 Å². The minimum atomic E-state index is 0.0696. The molecule has 1 unspecified atom stereocenters. The summed E-state index contributed by atoms with van der Waals surface area (Å²) in [5, 5.41) is 7.00. The molecular formula is C14H23N3O2. The van der Waals surface area contributed by atoms with Gasteiger partial charge in [0.2, 0.25) is 0 Å². The zero-order valence-electron chi connectivity index (χ0n) is 12.2. The predicted molar refractivity (Wildman–Crippen MR) is 73.2 cm³/mol. The van der Waals surface area contributed by atoms with Gasteiger partial charge in [-0.3, -0.25) is 9.89 Å². The molecule has 1 heterocycles. The largest absolute Gasteiger partial charge is 0.383 e. The Morgan fingerprint density at radius 3 is 2.68 bits per heavy atom. The Bertz CT molecular complexity index is 432. The van der Waals surface area contributed by atoms with Crippen LogP contribution in [0.25, 0.3) is 0 Å². The predicted octanol–water partition coefficient (Wildman–Crippen LogP) is 1.91. The molecule has 1 aliphatic rings. The highest BCUT2D eigenvalue weighted by Crippen LogP contribution is 2.35. The van der Waals surface area contributed by atoms with Crippen molar-refractivity contribution in [2.75, 3.05) is 20.3 Å². The molecule has 0 radical (unpaired) electrons. The zero-order valence-corrected chi connectivity index (χ0v) is 12.2. The number of carbonyl (C=O) groups is 1. The Kier molecular flexibility index (Phi) is 4.24. The van der Waals surface area contributed by atoms with Crippen LogP contribution in [0.4, 0.5) is 0 Å². The first-order valence-electron chi connectivity index (χ1n) is 6.87. The van der Waals surface area contributed by atoms with E-state index in [0.717, 1.165) is 11.4 Å². The lowest BCUT2D eigenvalue weighted by molar-refractivity contribution is 0.0593. The maximum absolute atomic E-state index is 12.7. The molecule has 2 rings (SSSR count). The molecule has 1 N–H and O–H groups in total. The van der Waals surface area contributed by atoms with Crippen LogP contribution in [-0.2, 0) is 4.74 Å². The van der Waals surface area contributed by atoms with Gasteiger partial charge < -0.3 is 9.64 Å². The number of ether oxygens (including phenoxy) is 1. The molecule has 5 heteroatoms. The van der Waals surface area contributed by atoms with Crippen molar-refractivity contribution in [1.29, 1.82) is 0 Å². The van der Waals surface area contributed by atoms with Gasteiger partial charge >= 0.3 is 0 Å². The number of hydrogen-bond donors (Lipinski definition) is 1. The minimum Gasteiger partial charge on any atom is -0.383 e. The molecule has 1 aromatic heterocycles. The number of methoxy groups -OCH3 is 1. The summed E-state index contributed by atoms with van der Waals surface area (Å²) >= 11 is 0. The van der Waals surface area contributed by atoms with Crippen molar-refractivity contribution in [2.24, 2.45) is 5.92 Å². The van der Waals surface area contributed by atoms with E-state index < -0.39 is 0 Å². The number of aryl methyl sites for hydroxylation is 2. The molecule has 1 saturated carbocycles. The van der Waals surface area contributed by atoms with Crippen LogP contribution in [0.5, 0.6) is 0 Å². The van der Waals surface area contributed by atoms with Crippen LogP contribution in [0.15, 0.2) is 0 Å². The van der Waals surface area contributed by atoms with E-state index in [-0.39, 0.29) is 11.9 Å². The fourth-order valence-electron chi connectivity index (χ4n) is 2.52. The summed E-state index contributed by atoms with van der Waals surface area (Å²) in [6.45, 7) is 7.10. The second-order valence-corrected chi connectivity index (χ2v) is 5.38. The molecule has 0 aliphatic heterocycles. The van der Waals surface area contributed by atoms with E-state index in [1.807, 2.05) is 18.7 Å². The summed E-state index contributed by atoms with van der Waals surface area (Å²) in [5.41, 5.74) is 2.32. The first-order chi connectivity index (χ1) is 9.06. The van der Waals surface area contributed by atoms with Gasteiger partial charge in [-0.05, 0) is 39.5 Å². The third-order valence-electron chi connectivity index (χ3n) is 3.94. The summed E-state index contributed by atoms with van der Waals surface area (Å²) in [7, 11) is 1.67. The molecular weight excluding hydrogens is 242 g/mol. The maximum Gasteiger partial charge on any atom is 0.257 e. The van der Waals surface area contributed by atoms with Crippen molar-refractivity contribution in [3.05, 3.63) is 17.0 Å². The Morgan fingerprint density at radius 1 is 1.53 bits per heavy atom. The molecule has 1 fully saturated rings. The van der Waals surface area contributed by atoms with Crippen molar-refractivity contribution in [3.8, 4) is 0 Å². The average molecular weight is 265 g/mol. The zero-order chi connectivity index (χ0) is 14.0. The van der Waals surface area contributed by atoms with Gasteiger partial charge in [0.1, 0.15) is 0 Å². The summed E-state index contributed by atoms with van der Waals surface area (Å²) in [4.78, 5) is 14.7. The molecule has 0 saturated heterocycles. The highest BCUT2D eigenvalue weighted by Gasteiger charge is 2.35. The Morgan fingerprint density at radius 2 is 2.21 bits per heavy atom. The maximum atomic E-state index is 12.7. The second-order valence-electron chi connectivity index (χ2n) is 5.38. The number of rotatable bonds is 6. The van der Waals surface area contributed by atoms with Crippen LogP contribution in [0.1, 0.15) is 41.5 Å². The van der Waals surface area contributed by atoms with Gasteiger partial charge in [0.25, 0.3) is 5.91 Å². The fraction of sp³-hybridized carbons (Fsp3) is 0.714. The van der Waals surface area contributed by atoms with Gasteiger partial charge in [-0.25, -0.2) is 0 Å². The van der Waals surface area contributed by atoms with Gasteiger partial charge in [-0.15, -0.1) is 0 Å². The molecule has 1 aliphatic carbocycles. The summed E-state index contributed by atoms with van der Waals surface area (Å²) in [6.07, 6.45) is 2.45. The number of nitrogens with zero attached hydrogens (tertiary/aromatic N) is 2. The van der Waals surface area contributed by atoms with E-state index >= 15 is 0 Å². The number of H-pyrrole nitrogens is 1. The fourth-order valence-corrected chi connectivity index (χ4v) is 2.52. The SMILES string of the molecule is COCCN(C(=O)c1c(C)n[nH]c1C)C(C)C1CC1. The average Bonchev–Trinajstić information content (AvgIpc) is 3.16. The lowest BCUT2D eigenvalue weighted by atomic mass is 10.1. The van der Waals surface area contributed by atoms with Crippen LogP contribution < -0.4 is 0 Å². The van der Waals surface area contributed by atoms with Gasteiger partial charge in [-0.1, -0.05) is 0 Å². The third-order valence-corrected chi connectivity index (χ3v) is 3.94.